The van der Waals surface area contributed by atoms with Gasteiger partial charge in [0.25, 0.3) is 0 Å². The lowest BCUT2D eigenvalue weighted by Crippen LogP contribution is -2.32. The molecule has 0 unspecified atom stereocenters. The van der Waals surface area contributed by atoms with Gasteiger partial charge < -0.3 is 11.5 Å². The third-order valence-corrected chi connectivity index (χ3v) is 4.32. The zero-order valence-corrected chi connectivity index (χ0v) is 15.1. The molecule has 1 aromatic carbocycles. The number of urea groups is 1. The van der Waals surface area contributed by atoms with E-state index in [0.717, 1.165) is 11.3 Å². The Kier molecular flexibility index (Phi) is 5.33. The Morgan fingerprint density at radius 3 is 2.41 bits per heavy atom. The minimum Gasteiger partial charge on any atom is -0.368 e. The van der Waals surface area contributed by atoms with Crippen LogP contribution in [0.15, 0.2) is 36.8 Å². The standard InChI is InChI=1S/C17H10F4N6OS/c18-12-4-2-10(17(19,20)21)5-13(12)27(15(23)28)16-26-8-11(29-16)3-1-9-6-24-14(22)25-7-9/h2,4-8H,(H2,23,28)(H2,22,24,25). The predicted octanol–water partition coefficient (Wildman–Crippen LogP) is 3.29. The SMILES string of the molecule is NC(=O)N(c1ncc(C#Cc2cnc(N)nc2)s1)c1cc(C(F)(F)F)ccc1F. The summed E-state index contributed by atoms with van der Waals surface area (Å²) in [4.78, 5) is 24.2. The fourth-order valence-electron chi connectivity index (χ4n) is 2.14. The topological polar surface area (TPSA) is 111 Å². The van der Waals surface area contributed by atoms with Gasteiger partial charge in [-0.2, -0.15) is 13.2 Å². The fourth-order valence-corrected chi connectivity index (χ4v) is 2.93. The maximum Gasteiger partial charge on any atom is 0.416 e. The summed E-state index contributed by atoms with van der Waals surface area (Å²) < 4.78 is 53.0. The number of thiazole rings is 1. The number of nitrogen functional groups attached to an aromatic ring is 1. The van der Waals surface area contributed by atoms with Crippen LogP contribution in [0.2, 0.25) is 0 Å². The van der Waals surface area contributed by atoms with Crippen molar-refractivity contribution in [2.24, 2.45) is 5.73 Å². The Hall–Kier alpha value is -3.72. The summed E-state index contributed by atoms with van der Waals surface area (Å²) >= 11 is 0.836. The molecule has 29 heavy (non-hydrogen) atoms. The average molecular weight is 422 g/mol. The maximum absolute atomic E-state index is 14.2. The van der Waals surface area contributed by atoms with Crippen LogP contribution in [0.3, 0.4) is 0 Å². The largest absolute Gasteiger partial charge is 0.416 e. The molecule has 3 rings (SSSR count). The van der Waals surface area contributed by atoms with Gasteiger partial charge in [0.05, 0.1) is 27.9 Å². The monoisotopic (exact) mass is 422 g/mol. The number of primary amides is 1. The van der Waals surface area contributed by atoms with E-state index in [1.165, 1.54) is 18.6 Å². The van der Waals surface area contributed by atoms with Crippen LogP contribution in [0, 0.1) is 17.7 Å². The van der Waals surface area contributed by atoms with Crippen LogP contribution in [0.1, 0.15) is 16.0 Å². The number of rotatable bonds is 2. The summed E-state index contributed by atoms with van der Waals surface area (Å²) in [5.74, 6) is 4.47. The molecular formula is C17H10F4N6OS. The minimum atomic E-state index is -4.73. The van der Waals surface area contributed by atoms with Crippen molar-refractivity contribution in [3.63, 3.8) is 0 Å². The van der Waals surface area contributed by atoms with Crippen molar-refractivity contribution in [3.8, 4) is 11.8 Å². The molecule has 0 aliphatic rings. The smallest absolute Gasteiger partial charge is 0.368 e. The highest BCUT2D eigenvalue weighted by Gasteiger charge is 2.33. The van der Waals surface area contributed by atoms with Crippen molar-refractivity contribution in [1.82, 2.24) is 15.0 Å². The van der Waals surface area contributed by atoms with Gasteiger partial charge in [0.2, 0.25) is 5.95 Å². The molecule has 0 saturated carbocycles. The van der Waals surface area contributed by atoms with Gasteiger partial charge in [-0.25, -0.2) is 29.0 Å². The van der Waals surface area contributed by atoms with Crippen LogP contribution >= 0.6 is 11.3 Å². The molecule has 0 radical (unpaired) electrons. The second kappa shape index (κ2) is 7.72. The van der Waals surface area contributed by atoms with Gasteiger partial charge in [0.1, 0.15) is 5.82 Å². The van der Waals surface area contributed by atoms with Crippen LogP contribution < -0.4 is 16.4 Å². The number of benzene rings is 1. The van der Waals surface area contributed by atoms with Crippen molar-refractivity contribution >= 4 is 34.1 Å². The summed E-state index contributed by atoms with van der Waals surface area (Å²) in [6.07, 6.45) is -0.672. The number of aromatic nitrogens is 3. The van der Waals surface area contributed by atoms with Gasteiger partial charge in [-0.1, -0.05) is 17.3 Å². The van der Waals surface area contributed by atoms with E-state index < -0.39 is 29.3 Å². The second-order valence-corrected chi connectivity index (χ2v) is 6.43. The Labute approximate surface area is 165 Å². The van der Waals surface area contributed by atoms with Crippen LogP contribution in [0.5, 0.6) is 0 Å². The maximum atomic E-state index is 14.2. The van der Waals surface area contributed by atoms with Crippen molar-refractivity contribution < 1.29 is 22.4 Å². The van der Waals surface area contributed by atoms with E-state index in [1.54, 1.807) is 0 Å². The molecule has 0 aliphatic heterocycles. The van der Waals surface area contributed by atoms with E-state index in [-0.39, 0.29) is 11.1 Å². The van der Waals surface area contributed by atoms with Crippen molar-refractivity contribution in [1.29, 1.82) is 0 Å². The van der Waals surface area contributed by atoms with E-state index in [2.05, 4.69) is 26.8 Å². The van der Waals surface area contributed by atoms with E-state index in [9.17, 15) is 22.4 Å². The van der Waals surface area contributed by atoms with Gasteiger partial charge in [-0.3, -0.25) is 0 Å². The summed E-state index contributed by atoms with van der Waals surface area (Å²) in [6, 6.07) is 0.442. The van der Waals surface area contributed by atoms with Crippen LogP contribution in [0.25, 0.3) is 0 Å². The van der Waals surface area contributed by atoms with Gasteiger partial charge in [0, 0.05) is 12.4 Å². The normalized spacial score (nSPS) is 10.9. The van der Waals surface area contributed by atoms with Crippen molar-refractivity contribution in [3.05, 3.63) is 58.6 Å². The third kappa shape index (κ3) is 4.58. The molecule has 2 heterocycles. The fraction of sp³-hybridized carbons (Fsp3) is 0.0588. The first-order valence-electron chi connectivity index (χ1n) is 7.67. The first-order valence-corrected chi connectivity index (χ1v) is 8.48. The first-order chi connectivity index (χ1) is 13.6. The number of carbonyl (C=O) groups is 1. The zero-order valence-electron chi connectivity index (χ0n) is 14.2. The Balaban J connectivity index is 1.96. The summed E-state index contributed by atoms with van der Waals surface area (Å²) in [5, 5.41) is -0.145. The molecule has 2 aromatic heterocycles. The molecule has 0 bridgehead atoms. The molecule has 148 valence electrons. The van der Waals surface area contributed by atoms with Gasteiger partial charge in [-0.15, -0.1) is 0 Å². The molecule has 0 atom stereocenters. The highest BCUT2D eigenvalue weighted by molar-refractivity contribution is 7.16. The number of amides is 2. The first kappa shape index (κ1) is 20.0. The summed E-state index contributed by atoms with van der Waals surface area (Å²) in [6.45, 7) is 0. The molecule has 3 aromatic rings. The number of hydrogen-bond donors (Lipinski definition) is 2. The number of nitrogens with two attached hydrogens (primary N) is 2. The number of anilines is 3. The van der Waals surface area contributed by atoms with Crippen molar-refractivity contribution in [2.75, 3.05) is 10.6 Å². The Morgan fingerprint density at radius 2 is 1.79 bits per heavy atom. The molecule has 0 saturated heterocycles. The third-order valence-electron chi connectivity index (χ3n) is 3.42. The lowest BCUT2D eigenvalue weighted by molar-refractivity contribution is -0.137. The number of alkyl halides is 3. The van der Waals surface area contributed by atoms with E-state index >= 15 is 0 Å². The van der Waals surface area contributed by atoms with Gasteiger partial charge in [-0.05, 0) is 24.1 Å². The number of hydrogen-bond acceptors (Lipinski definition) is 6. The van der Waals surface area contributed by atoms with Gasteiger partial charge in [0.15, 0.2) is 5.13 Å². The van der Waals surface area contributed by atoms with Crippen LogP contribution in [-0.2, 0) is 6.18 Å². The van der Waals surface area contributed by atoms with E-state index in [4.69, 9.17) is 11.5 Å². The molecule has 0 aliphatic carbocycles. The number of nitrogens with zero attached hydrogens (tertiary/aromatic N) is 4. The Bertz CT molecular complexity index is 1120. The Morgan fingerprint density at radius 1 is 1.10 bits per heavy atom. The molecule has 4 N–H and O–H groups in total. The number of carbonyl (C=O) groups excluding carboxylic acids is 1. The molecule has 0 fully saturated rings. The van der Waals surface area contributed by atoms with E-state index in [1.807, 2.05) is 0 Å². The quantitative estimate of drug-likeness (QED) is 0.486. The lowest BCUT2D eigenvalue weighted by Gasteiger charge is -2.19. The lowest BCUT2D eigenvalue weighted by atomic mass is 10.1. The van der Waals surface area contributed by atoms with Gasteiger partial charge >= 0.3 is 12.2 Å². The van der Waals surface area contributed by atoms with Crippen molar-refractivity contribution in [2.45, 2.75) is 6.18 Å². The minimum absolute atomic E-state index is 0.0795. The predicted molar refractivity (Wildman–Crippen MR) is 97.7 cm³/mol. The summed E-state index contributed by atoms with van der Waals surface area (Å²) in [7, 11) is 0. The molecular weight excluding hydrogens is 412 g/mol. The molecule has 12 heteroatoms. The average Bonchev–Trinajstić information content (AvgIpc) is 3.10. The molecule has 7 nitrogen and oxygen atoms in total. The van der Waals surface area contributed by atoms with Crippen LogP contribution in [0.4, 0.5) is 39.1 Å². The van der Waals surface area contributed by atoms with Crippen LogP contribution in [-0.4, -0.2) is 21.0 Å². The second-order valence-electron chi connectivity index (χ2n) is 5.42. The molecule has 0 spiro atoms. The number of halogens is 4. The van der Waals surface area contributed by atoms with E-state index in [0.29, 0.717) is 33.5 Å². The summed E-state index contributed by atoms with van der Waals surface area (Å²) in [5.41, 5.74) is 9.27. The molecule has 2 amide bonds. The zero-order chi connectivity index (χ0) is 21.2. The highest BCUT2D eigenvalue weighted by Crippen LogP contribution is 2.36. The highest BCUT2D eigenvalue weighted by atomic mass is 32.1.